The van der Waals surface area contributed by atoms with Crippen LogP contribution in [-0.4, -0.2) is 13.2 Å². The van der Waals surface area contributed by atoms with Gasteiger partial charge >= 0.3 is 0 Å². The van der Waals surface area contributed by atoms with Crippen molar-refractivity contribution in [3.8, 4) is 0 Å². The Morgan fingerprint density at radius 1 is 1.33 bits per heavy atom. The summed E-state index contributed by atoms with van der Waals surface area (Å²) < 4.78 is 5.27. The molecule has 0 amide bonds. The van der Waals surface area contributed by atoms with Gasteiger partial charge in [-0.25, -0.2) is 0 Å². The van der Waals surface area contributed by atoms with Gasteiger partial charge in [0.25, 0.3) is 0 Å². The van der Waals surface area contributed by atoms with E-state index in [-0.39, 0.29) is 0 Å². The van der Waals surface area contributed by atoms with E-state index in [1.54, 1.807) is 0 Å². The van der Waals surface area contributed by atoms with Crippen molar-refractivity contribution in [3.63, 3.8) is 0 Å². The highest BCUT2D eigenvalue weighted by Gasteiger charge is 2.50. The van der Waals surface area contributed by atoms with Crippen LogP contribution in [0.4, 0.5) is 0 Å². The summed E-state index contributed by atoms with van der Waals surface area (Å²) in [6, 6.07) is 0. The SMILES string of the molecule is [CH2]C1CC12CCOCC2. The summed E-state index contributed by atoms with van der Waals surface area (Å²) in [6.45, 7) is 6.03. The van der Waals surface area contributed by atoms with Crippen LogP contribution in [0.1, 0.15) is 19.3 Å². The van der Waals surface area contributed by atoms with E-state index >= 15 is 0 Å². The van der Waals surface area contributed by atoms with Gasteiger partial charge < -0.3 is 4.74 Å². The highest BCUT2D eigenvalue weighted by Crippen LogP contribution is 2.58. The van der Waals surface area contributed by atoms with E-state index in [1.165, 1.54) is 19.3 Å². The van der Waals surface area contributed by atoms with Gasteiger partial charge in [0.1, 0.15) is 0 Å². The minimum Gasteiger partial charge on any atom is -0.381 e. The quantitative estimate of drug-likeness (QED) is 0.478. The molecule has 51 valence electrons. The Kier molecular flexibility index (Phi) is 1.10. The standard InChI is InChI=1S/C8H13O/c1-7-6-8(7)2-4-9-5-3-8/h7H,1-6H2. The number of ether oxygens (including phenoxy) is 1. The lowest BCUT2D eigenvalue weighted by molar-refractivity contribution is 0.0542. The molecule has 1 nitrogen and oxygen atoms in total. The van der Waals surface area contributed by atoms with Crippen molar-refractivity contribution in [2.24, 2.45) is 11.3 Å². The smallest absolute Gasteiger partial charge is 0.0471 e. The van der Waals surface area contributed by atoms with Gasteiger partial charge in [-0.2, -0.15) is 0 Å². The molecule has 1 spiro atoms. The Labute approximate surface area is 56.4 Å². The fourth-order valence-corrected chi connectivity index (χ4v) is 1.82. The molecule has 1 heteroatoms. The minimum absolute atomic E-state index is 0.651. The van der Waals surface area contributed by atoms with Gasteiger partial charge in [-0.3, -0.25) is 0 Å². The van der Waals surface area contributed by atoms with Gasteiger partial charge in [0.05, 0.1) is 0 Å². The molecule has 0 bridgehead atoms. The van der Waals surface area contributed by atoms with Crippen molar-refractivity contribution in [1.29, 1.82) is 0 Å². The first kappa shape index (κ1) is 5.72. The van der Waals surface area contributed by atoms with E-state index < -0.39 is 0 Å². The molecule has 0 aromatic carbocycles. The summed E-state index contributed by atoms with van der Waals surface area (Å²) in [4.78, 5) is 0. The van der Waals surface area contributed by atoms with Crippen molar-refractivity contribution >= 4 is 0 Å². The molecule has 2 rings (SSSR count). The van der Waals surface area contributed by atoms with Crippen LogP contribution in [0, 0.1) is 18.3 Å². The van der Waals surface area contributed by atoms with Gasteiger partial charge in [-0.1, -0.05) is 0 Å². The van der Waals surface area contributed by atoms with Crippen molar-refractivity contribution in [1.82, 2.24) is 0 Å². The summed E-state index contributed by atoms with van der Waals surface area (Å²) >= 11 is 0. The summed E-state index contributed by atoms with van der Waals surface area (Å²) in [5.74, 6) is 0.751. The second-order valence-electron chi connectivity index (χ2n) is 3.38. The Morgan fingerprint density at radius 2 is 1.89 bits per heavy atom. The normalized spacial score (nSPS) is 39.0. The summed E-state index contributed by atoms with van der Waals surface area (Å²) in [6.07, 6.45) is 3.89. The van der Waals surface area contributed by atoms with Gasteiger partial charge in [0, 0.05) is 13.2 Å². The monoisotopic (exact) mass is 125 g/mol. The molecule has 1 aliphatic carbocycles. The van der Waals surface area contributed by atoms with Gasteiger partial charge in [-0.15, -0.1) is 0 Å². The van der Waals surface area contributed by atoms with Crippen LogP contribution in [0.2, 0.25) is 0 Å². The first-order chi connectivity index (χ1) is 4.33. The van der Waals surface area contributed by atoms with E-state index in [9.17, 15) is 0 Å². The van der Waals surface area contributed by atoms with Crippen LogP contribution in [0.3, 0.4) is 0 Å². The summed E-state index contributed by atoms with van der Waals surface area (Å²) in [5.41, 5.74) is 0.651. The molecule has 1 saturated carbocycles. The zero-order valence-corrected chi connectivity index (χ0v) is 5.73. The van der Waals surface area contributed by atoms with Crippen molar-refractivity contribution in [3.05, 3.63) is 6.92 Å². The van der Waals surface area contributed by atoms with Crippen molar-refractivity contribution in [2.75, 3.05) is 13.2 Å². The Bertz CT molecular complexity index is 114. The second kappa shape index (κ2) is 1.72. The van der Waals surface area contributed by atoms with Crippen molar-refractivity contribution < 1.29 is 4.74 Å². The molecule has 1 saturated heterocycles. The molecule has 9 heavy (non-hydrogen) atoms. The second-order valence-corrected chi connectivity index (χ2v) is 3.38. The molecule has 2 aliphatic rings. The summed E-state index contributed by atoms with van der Waals surface area (Å²) in [7, 11) is 0. The van der Waals surface area contributed by atoms with Crippen LogP contribution in [0.15, 0.2) is 0 Å². The highest BCUT2D eigenvalue weighted by molar-refractivity contribution is 5.04. The average molecular weight is 125 g/mol. The maximum Gasteiger partial charge on any atom is 0.0471 e. The zero-order valence-electron chi connectivity index (χ0n) is 5.73. The van der Waals surface area contributed by atoms with Gasteiger partial charge in [0.15, 0.2) is 0 Å². The molecule has 1 aliphatic heterocycles. The van der Waals surface area contributed by atoms with Crippen LogP contribution in [0.5, 0.6) is 0 Å². The topological polar surface area (TPSA) is 9.23 Å². The van der Waals surface area contributed by atoms with Crippen LogP contribution in [0.25, 0.3) is 0 Å². The predicted molar refractivity (Wildman–Crippen MR) is 35.9 cm³/mol. The van der Waals surface area contributed by atoms with Crippen LogP contribution >= 0.6 is 0 Å². The molecule has 1 unspecified atom stereocenters. The molecule has 0 N–H and O–H groups in total. The van der Waals surface area contributed by atoms with Crippen LogP contribution in [-0.2, 0) is 4.74 Å². The Balaban J connectivity index is 1.97. The van der Waals surface area contributed by atoms with E-state index in [1.807, 2.05) is 0 Å². The number of rotatable bonds is 0. The maximum atomic E-state index is 5.27. The van der Waals surface area contributed by atoms with Crippen molar-refractivity contribution in [2.45, 2.75) is 19.3 Å². The first-order valence-electron chi connectivity index (χ1n) is 3.74. The third-order valence-corrected chi connectivity index (χ3v) is 2.85. The lowest BCUT2D eigenvalue weighted by Crippen LogP contribution is -2.17. The molecule has 0 aromatic rings. The molecule has 1 atom stereocenters. The maximum absolute atomic E-state index is 5.27. The third kappa shape index (κ3) is 0.787. The Morgan fingerprint density at radius 3 is 2.22 bits per heavy atom. The molecular weight excluding hydrogens is 112 g/mol. The van der Waals surface area contributed by atoms with E-state index in [4.69, 9.17) is 4.74 Å². The molecule has 0 aromatic heterocycles. The van der Waals surface area contributed by atoms with E-state index in [2.05, 4.69) is 6.92 Å². The fraction of sp³-hybridized carbons (Fsp3) is 0.875. The van der Waals surface area contributed by atoms with E-state index in [0.717, 1.165) is 19.1 Å². The average Bonchev–Trinajstić information content (AvgIpc) is 2.44. The lowest BCUT2D eigenvalue weighted by Gasteiger charge is -2.21. The molecule has 1 heterocycles. The predicted octanol–water partition coefficient (Wildman–Crippen LogP) is 1.64. The largest absolute Gasteiger partial charge is 0.381 e. The van der Waals surface area contributed by atoms with Crippen LogP contribution < -0.4 is 0 Å². The Hall–Kier alpha value is -0.0400. The van der Waals surface area contributed by atoms with Gasteiger partial charge in [-0.05, 0) is 37.5 Å². The van der Waals surface area contributed by atoms with E-state index in [0.29, 0.717) is 5.41 Å². The number of hydrogen-bond donors (Lipinski definition) is 0. The molecule has 1 radical (unpaired) electrons. The zero-order chi connectivity index (χ0) is 6.32. The highest BCUT2D eigenvalue weighted by atomic mass is 16.5. The first-order valence-corrected chi connectivity index (χ1v) is 3.74. The number of hydrogen-bond acceptors (Lipinski definition) is 1. The minimum atomic E-state index is 0.651. The lowest BCUT2D eigenvalue weighted by atomic mass is 9.94. The fourth-order valence-electron chi connectivity index (χ4n) is 1.82. The molecular formula is C8H13O. The molecule has 2 fully saturated rings. The van der Waals surface area contributed by atoms with Gasteiger partial charge in [0.2, 0.25) is 0 Å². The summed E-state index contributed by atoms with van der Waals surface area (Å²) in [5, 5.41) is 0. The third-order valence-electron chi connectivity index (χ3n) is 2.85.